The summed E-state index contributed by atoms with van der Waals surface area (Å²) in [5.41, 5.74) is 1.54. The Bertz CT molecular complexity index is 429. The van der Waals surface area contributed by atoms with Crippen molar-refractivity contribution in [2.24, 2.45) is 0 Å². The number of hydrogen-bond acceptors (Lipinski definition) is 3. The standard InChI is InChI=1S/C14H20F2N2O.2ClH/c1-10-9-11(19-2)3-4-12(10)13(14(15)16)18-7-5-17-6-8-18;;/h3-4,9,13-14,17H,5-8H2,1-2H3;2*1H/t13-;;/m1../s1. The van der Waals surface area contributed by atoms with E-state index >= 15 is 0 Å². The highest BCUT2D eigenvalue weighted by atomic mass is 35.5. The zero-order valence-corrected chi connectivity index (χ0v) is 13.8. The van der Waals surface area contributed by atoms with Crippen LogP contribution in [0.1, 0.15) is 17.2 Å². The molecule has 1 saturated heterocycles. The van der Waals surface area contributed by atoms with Crippen LogP contribution in [0, 0.1) is 6.92 Å². The van der Waals surface area contributed by atoms with Gasteiger partial charge in [0.2, 0.25) is 0 Å². The van der Waals surface area contributed by atoms with Crippen molar-refractivity contribution in [1.29, 1.82) is 0 Å². The van der Waals surface area contributed by atoms with Crippen molar-refractivity contribution in [2.45, 2.75) is 19.4 Å². The van der Waals surface area contributed by atoms with E-state index in [-0.39, 0.29) is 24.8 Å². The maximum atomic E-state index is 13.4. The molecule has 1 heterocycles. The Hall–Kier alpha value is -0.620. The molecule has 0 amide bonds. The monoisotopic (exact) mass is 342 g/mol. The Kier molecular flexibility index (Phi) is 9.13. The first-order chi connectivity index (χ1) is 9.13. The van der Waals surface area contributed by atoms with Crippen LogP contribution in [0.4, 0.5) is 8.78 Å². The number of piperazine rings is 1. The number of ether oxygens (including phenoxy) is 1. The second-order valence-electron chi connectivity index (χ2n) is 4.79. The molecule has 2 rings (SSSR count). The third kappa shape index (κ3) is 4.95. The van der Waals surface area contributed by atoms with Gasteiger partial charge in [0.05, 0.1) is 13.2 Å². The molecule has 1 N–H and O–H groups in total. The fourth-order valence-electron chi connectivity index (χ4n) is 2.56. The molecule has 1 aliphatic heterocycles. The third-order valence-corrected chi connectivity index (χ3v) is 3.58. The van der Waals surface area contributed by atoms with Gasteiger partial charge in [-0.1, -0.05) is 6.07 Å². The summed E-state index contributed by atoms with van der Waals surface area (Å²) in [6, 6.07) is 4.49. The molecule has 0 saturated carbocycles. The van der Waals surface area contributed by atoms with Crippen molar-refractivity contribution in [3.8, 4) is 5.75 Å². The molecular formula is C14H22Cl2F2N2O. The summed E-state index contributed by atoms with van der Waals surface area (Å²) in [6.45, 7) is 4.69. The summed E-state index contributed by atoms with van der Waals surface area (Å²) in [5.74, 6) is 0.703. The normalized spacial score (nSPS) is 16.8. The molecule has 21 heavy (non-hydrogen) atoms. The molecule has 3 nitrogen and oxygen atoms in total. The average Bonchev–Trinajstić information content (AvgIpc) is 2.41. The van der Waals surface area contributed by atoms with Crippen LogP contribution in [-0.4, -0.2) is 44.6 Å². The van der Waals surface area contributed by atoms with Crippen LogP contribution in [0.15, 0.2) is 18.2 Å². The zero-order valence-electron chi connectivity index (χ0n) is 12.1. The van der Waals surface area contributed by atoms with Crippen LogP contribution in [-0.2, 0) is 0 Å². The lowest BCUT2D eigenvalue weighted by atomic mass is 9.99. The van der Waals surface area contributed by atoms with Gasteiger partial charge in [0.15, 0.2) is 0 Å². The molecule has 0 spiro atoms. The molecule has 0 aromatic heterocycles. The van der Waals surface area contributed by atoms with Crippen LogP contribution in [0.3, 0.4) is 0 Å². The van der Waals surface area contributed by atoms with E-state index in [1.54, 1.807) is 19.2 Å². The molecule has 1 aromatic rings. The molecule has 0 radical (unpaired) electrons. The minimum atomic E-state index is -2.38. The largest absolute Gasteiger partial charge is 0.497 e. The highest BCUT2D eigenvalue weighted by Crippen LogP contribution is 2.31. The predicted octanol–water partition coefficient (Wildman–Crippen LogP) is 3.06. The molecule has 0 bridgehead atoms. The Morgan fingerprint density at radius 3 is 2.29 bits per heavy atom. The van der Waals surface area contributed by atoms with Gasteiger partial charge in [0, 0.05) is 26.2 Å². The van der Waals surface area contributed by atoms with Crippen molar-refractivity contribution in [2.75, 3.05) is 33.3 Å². The molecule has 1 aromatic carbocycles. The molecule has 1 atom stereocenters. The molecule has 7 heteroatoms. The van der Waals surface area contributed by atoms with Crippen LogP contribution in [0.5, 0.6) is 5.75 Å². The van der Waals surface area contributed by atoms with Crippen LogP contribution < -0.4 is 10.1 Å². The average molecular weight is 343 g/mol. The van der Waals surface area contributed by atoms with Crippen molar-refractivity contribution in [1.82, 2.24) is 10.2 Å². The van der Waals surface area contributed by atoms with Gasteiger partial charge < -0.3 is 10.1 Å². The van der Waals surface area contributed by atoms with E-state index in [0.29, 0.717) is 24.4 Å². The van der Waals surface area contributed by atoms with Gasteiger partial charge in [-0.2, -0.15) is 0 Å². The first-order valence-electron chi connectivity index (χ1n) is 6.51. The third-order valence-electron chi connectivity index (χ3n) is 3.58. The van der Waals surface area contributed by atoms with Gasteiger partial charge >= 0.3 is 0 Å². The zero-order chi connectivity index (χ0) is 13.8. The highest BCUT2D eigenvalue weighted by molar-refractivity contribution is 5.85. The van der Waals surface area contributed by atoms with Gasteiger partial charge in [0.25, 0.3) is 6.43 Å². The van der Waals surface area contributed by atoms with E-state index in [9.17, 15) is 8.78 Å². The number of nitrogens with one attached hydrogen (secondary N) is 1. The quantitative estimate of drug-likeness (QED) is 0.910. The number of halogens is 4. The van der Waals surface area contributed by atoms with Crippen molar-refractivity contribution >= 4 is 24.8 Å². The van der Waals surface area contributed by atoms with Crippen molar-refractivity contribution < 1.29 is 13.5 Å². The lowest BCUT2D eigenvalue weighted by molar-refractivity contribution is 0.0178. The summed E-state index contributed by atoms with van der Waals surface area (Å²) in [6.07, 6.45) is -2.38. The smallest absolute Gasteiger partial charge is 0.258 e. The molecule has 1 aliphatic rings. The fraction of sp³-hybridized carbons (Fsp3) is 0.571. The predicted molar refractivity (Wildman–Crippen MR) is 85.4 cm³/mol. The summed E-state index contributed by atoms with van der Waals surface area (Å²) >= 11 is 0. The summed E-state index contributed by atoms with van der Waals surface area (Å²) < 4.78 is 32.0. The summed E-state index contributed by atoms with van der Waals surface area (Å²) in [4.78, 5) is 1.86. The second kappa shape index (κ2) is 9.41. The number of alkyl halides is 2. The minimum Gasteiger partial charge on any atom is -0.497 e. The number of nitrogens with zero attached hydrogens (tertiary/aromatic N) is 1. The van der Waals surface area contributed by atoms with E-state index in [1.165, 1.54) is 0 Å². The van der Waals surface area contributed by atoms with Crippen LogP contribution in [0.25, 0.3) is 0 Å². The van der Waals surface area contributed by atoms with Gasteiger partial charge in [-0.25, -0.2) is 8.78 Å². The number of aryl methyl sites for hydroxylation is 1. The van der Waals surface area contributed by atoms with Gasteiger partial charge in [-0.05, 0) is 30.2 Å². The topological polar surface area (TPSA) is 24.5 Å². The maximum absolute atomic E-state index is 13.4. The maximum Gasteiger partial charge on any atom is 0.258 e. The van der Waals surface area contributed by atoms with E-state index in [4.69, 9.17) is 4.74 Å². The highest BCUT2D eigenvalue weighted by Gasteiger charge is 2.31. The Labute approximate surface area is 136 Å². The van der Waals surface area contributed by atoms with Gasteiger partial charge in [-0.3, -0.25) is 4.90 Å². The van der Waals surface area contributed by atoms with E-state index in [1.807, 2.05) is 17.9 Å². The summed E-state index contributed by atoms with van der Waals surface area (Å²) in [5, 5.41) is 3.19. The number of methoxy groups -OCH3 is 1. The number of rotatable bonds is 4. The van der Waals surface area contributed by atoms with E-state index in [2.05, 4.69) is 5.32 Å². The molecule has 0 unspecified atom stereocenters. The van der Waals surface area contributed by atoms with E-state index < -0.39 is 12.5 Å². The van der Waals surface area contributed by atoms with Crippen molar-refractivity contribution in [3.05, 3.63) is 29.3 Å². The number of hydrogen-bond donors (Lipinski definition) is 1. The van der Waals surface area contributed by atoms with Gasteiger partial charge in [0.1, 0.15) is 5.75 Å². The fourth-order valence-corrected chi connectivity index (χ4v) is 2.56. The lowest BCUT2D eigenvalue weighted by Crippen LogP contribution is -2.47. The molecule has 122 valence electrons. The summed E-state index contributed by atoms with van der Waals surface area (Å²) in [7, 11) is 1.58. The van der Waals surface area contributed by atoms with E-state index in [0.717, 1.165) is 18.7 Å². The lowest BCUT2D eigenvalue weighted by Gasteiger charge is -2.35. The first-order valence-corrected chi connectivity index (χ1v) is 6.51. The second-order valence-corrected chi connectivity index (χ2v) is 4.79. The van der Waals surface area contributed by atoms with Crippen LogP contribution >= 0.6 is 24.8 Å². The first kappa shape index (κ1) is 20.4. The van der Waals surface area contributed by atoms with Crippen molar-refractivity contribution in [3.63, 3.8) is 0 Å². The molecule has 1 fully saturated rings. The SMILES string of the molecule is COc1ccc([C@H](C(F)F)N2CCNCC2)c(C)c1.Cl.Cl. The molecule has 0 aliphatic carbocycles. The van der Waals surface area contributed by atoms with Gasteiger partial charge in [-0.15, -0.1) is 24.8 Å². The Balaban J connectivity index is 0.00000200. The molecular weight excluding hydrogens is 321 g/mol. The Morgan fingerprint density at radius 1 is 1.19 bits per heavy atom. The Morgan fingerprint density at radius 2 is 1.81 bits per heavy atom. The number of benzene rings is 1. The van der Waals surface area contributed by atoms with Crippen LogP contribution in [0.2, 0.25) is 0 Å². The minimum absolute atomic E-state index is 0.